The van der Waals surface area contributed by atoms with Gasteiger partial charge in [0.15, 0.2) is 11.0 Å². The molecule has 0 bridgehead atoms. The number of rotatable bonds is 4. The molecule has 1 aromatic rings. The van der Waals surface area contributed by atoms with E-state index >= 15 is 0 Å². The van der Waals surface area contributed by atoms with Crippen molar-refractivity contribution in [3.05, 3.63) is 28.8 Å². The Morgan fingerprint density at radius 2 is 2.19 bits per heavy atom. The number of thiocarbonyl (C=S) groups is 1. The van der Waals surface area contributed by atoms with Crippen LogP contribution >= 0.6 is 24.0 Å². The van der Waals surface area contributed by atoms with Gasteiger partial charge < -0.3 is 0 Å². The molecule has 0 radical (unpaired) electrons. The number of thioether (sulfide) groups is 1. The van der Waals surface area contributed by atoms with E-state index in [-0.39, 0.29) is 17.2 Å². The molecule has 0 aromatic carbocycles. The highest BCUT2D eigenvalue weighted by atomic mass is 32.2. The molecule has 0 saturated heterocycles. The van der Waals surface area contributed by atoms with Crippen molar-refractivity contribution in [2.75, 3.05) is 11.7 Å². The molecule has 1 aliphatic rings. The first-order valence-electron chi connectivity index (χ1n) is 5.63. The molecule has 9 heteroatoms. The highest BCUT2D eigenvalue weighted by molar-refractivity contribution is 7.98. The van der Waals surface area contributed by atoms with E-state index in [0.717, 1.165) is 5.01 Å². The summed E-state index contributed by atoms with van der Waals surface area (Å²) in [7, 11) is 0. The maximum Gasteiger partial charge on any atom is 0.275 e. The first kappa shape index (κ1) is 15.1. The predicted molar refractivity (Wildman–Crippen MR) is 82.1 cm³/mol. The topological polar surface area (TPSA) is 79.6 Å². The van der Waals surface area contributed by atoms with E-state index < -0.39 is 11.8 Å². The number of anilines is 1. The molecule has 2 amide bonds. The second-order valence-electron chi connectivity index (χ2n) is 3.94. The van der Waals surface area contributed by atoms with Crippen LogP contribution in [-0.2, 0) is 9.59 Å². The Hall–Kier alpha value is -2.31. The Kier molecular flexibility index (Phi) is 4.30. The van der Waals surface area contributed by atoms with Gasteiger partial charge in [-0.25, -0.2) is 14.8 Å². The average Bonchev–Trinajstić information content (AvgIpc) is 2.72. The number of nitrogens with one attached hydrogen (secondary N) is 1. The Balaban J connectivity index is 2.45. The summed E-state index contributed by atoms with van der Waals surface area (Å²) in [5.74, 6) is -0.920. The van der Waals surface area contributed by atoms with Gasteiger partial charge in [0.05, 0.1) is 12.3 Å². The fourth-order valence-corrected chi connectivity index (χ4v) is 2.15. The van der Waals surface area contributed by atoms with E-state index in [1.807, 2.05) is 0 Å². The van der Waals surface area contributed by atoms with Crippen molar-refractivity contribution < 1.29 is 9.59 Å². The number of imide groups is 1. The van der Waals surface area contributed by atoms with Crippen LogP contribution < -0.4 is 5.43 Å². The van der Waals surface area contributed by atoms with Crippen LogP contribution in [0.3, 0.4) is 0 Å². The number of hydrazine groups is 1. The summed E-state index contributed by atoms with van der Waals surface area (Å²) >= 11 is 6.09. The van der Waals surface area contributed by atoms with E-state index in [1.54, 1.807) is 6.26 Å². The molecule has 0 atom stereocenters. The number of carbonyl (C=O) groups excluding carboxylic acids is 2. The largest absolute Gasteiger partial charge is 0.281 e. The van der Waals surface area contributed by atoms with E-state index in [0.29, 0.717) is 10.7 Å². The normalized spacial score (nSPS) is 14.0. The maximum atomic E-state index is 11.8. The minimum absolute atomic E-state index is 0.0629. The SMILES string of the molecule is [C-]#[N+]c1c(C=S)nc(SC)nc1NN1C(=O)C=C(C)C1=O. The zero-order valence-electron chi connectivity index (χ0n) is 11.1. The van der Waals surface area contributed by atoms with E-state index in [2.05, 4.69) is 20.2 Å². The summed E-state index contributed by atoms with van der Waals surface area (Å²) in [6.07, 6.45) is 2.98. The molecule has 7 nitrogen and oxygen atoms in total. The third-order valence-corrected chi connectivity index (χ3v) is 3.39. The van der Waals surface area contributed by atoms with Gasteiger partial charge in [-0.05, 0) is 13.2 Å². The number of hydrogen-bond acceptors (Lipinski definition) is 7. The predicted octanol–water partition coefficient (Wildman–Crippen LogP) is 1.74. The summed E-state index contributed by atoms with van der Waals surface area (Å²) in [5.41, 5.74) is 3.22. The van der Waals surface area contributed by atoms with Crippen LogP contribution in [0, 0.1) is 6.57 Å². The van der Waals surface area contributed by atoms with Crippen LogP contribution in [0.25, 0.3) is 4.85 Å². The number of aromatic nitrogens is 2. The number of carbonyl (C=O) groups is 2. The first-order chi connectivity index (χ1) is 10.0. The molecular formula is C12H9N5O2S2. The van der Waals surface area contributed by atoms with Crippen molar-refractivity contribution in [3.8, 4) is 0 Å². The van der Waals surface area contributed by atoms with Crippen LogP contribution in [0.1, 0.15) is 12.6 Å². The van der Waals surface area contributed by atoms with Gasteiger partial charge in [0.25, 0.3) is 17.5 Å². The molecule has 0 fully saturated rings. The minimum Gasteiger partial charge on any atom is -0.281 e. The third-order valence-electron chi connectivity index (χ3n) is 2.61. The lowest BCUT2D eigenvalue weighted by Crippen LogP contribution is -2.36. The van der Waals surface area contributed by atoms with Crippen LogP contribution in [-0.4, -0.2) is 38.4 Å². The van der Waals surface area contributed by atoms with Crippen molar-refractivity contribution in [1.29, 1.82) is 0 Å². The molecule has 1 N–H and O–H groups in total. The van der Waals surface area contributed by atoms with Crippen molar-refractivity contribution in [2.45, 2.75) is 12.1 Å². The van der Waals surface area contributed by atoms with Crippen LogP contribution in [0.5, 0.6) is 0 Å². The summed E-state index contributed by atoms with van der Waals surface area (Å²) < 4.78 is 0. The molecule has 0 saturated carbocycles. The van der Waals surface area contributed by atoms with Crippen molar-refractivity contribution in [3.63, 3.8) is 0 Å². The fourth-order valence-electron chi connectivity index (χ4n) is 1.61. The smallest absolute Gasteiger partial charge is 0.275 e. The van der Waals surface area contributed by atoms with Crippen LogP contribution in [0.2, 0.25) is 0 Å². The Bertz CT molecular complexity index is 723. The quantitative estimate of drug-likeness (QED) is 0.298. The Labute approximate surface area is 130 Å². The second-order valence-corrected chi connectivity index (χ2v) is 4.95. The molecule has 1 aliphatic heterocycles. The zero-order valence-corrected chi connectivity index (χ0v) is 12.7. The lowest BCUT2D eigenvalue weighted by Gasteiger charge is -2.18. The summed E-state index contributed by atoms with van der Waals surface area (Å²) in [4.78, 5) is 35.1. The molecule has 106 valence electrons. The molecule has 0 spiro atoms. The Morgan fingerprint density at radius 1 is 1.48 bits per heavy atom. The number of amides is 2. The van der Waals surface area contributed by atoms with E-state index in [9.17, 15) is 9.59 Å². The van der Waals surface area contributed by atoms with Crippen LogP contribution in [0.4, 0.5) is 11.5 Å². The van der Waals surface area contributed by atoms with Gasteiger partial charge in [-0.3, -0.25) is 15.0 Å². The molecule has 21 heavy (non-hydrogen) atoms. The molecule has 2 rings (SSSR count). The standard InChI is InChI=1S/C12H9N5O2S2/c1-6-4-8(18)17(11(6)19)16-10-9(13-2)7(5-20)14-12(15-10)21-3/h4-5H,1,3H3,(H,14,15,16). The second kappa shape index (κ2) is 5.99. The first-order valence-corrected chi connectivity index (χ1v) is 7.33. The van der Waals surface area contributed by atoms with Gasteiger partial charge in [0, 0.05) is 17.0 Å². The lowest BCUT2D eigenvalue weighted by atomic mass is 10.3. The number of nitrogens with zero attached hydrogens (tertiary/aromatic N) is 4. The van der Waals surface area contributed by atoms with E-state index in [4.69, 9.17) is 18.8 Å². The molecule has 2 heterocycles. The molecule has 0 aliphatic carbocycles. The lowest BCUT2D eigenvalue weighted by molar-refractivity contribution is -0.135. The van der Waals surface area contributed by atoms with Crippen molar-refractivity contribution >= 4 is 52.7 Å². The van der Waals surface area contributed by atoms with E-state index in [1.165, 1.54) is 30.1 Å². The average molecular weight is 319 g/mol. The molecular weight excluding hydrogens is 310 g/mol. The van der Waals surface area contributed by atoms with Gasteiger partial charge >= 0.3 is 0 Å². The van der Waals surface area contributed by atoms with Gasteiger partial charge in [-0.1, -0.05) is 24.0 Å². The molecule has 1 aromatic heterocycles. The van der Waals surface area contributed by atoms with Gasteiger partial charge in [0.2, 0.25) is 0 Å². The summed E-state index contributed by atoms with van der Waals surface area (Å²) in [6.45, 7) is 8.74. The Morgan fingerprint density at radius 3 is 2.67 bits per heavy atom. The highest BCUT2D eigenvalue weighted by Gasteiger charge is 2.30. The van der Waals surface area contributed by atoms with Crippen molar-refractivity contribution in [1.82, 2.24) is 15.0 Å². The monoisotopic (exact) mass is 319 g/mol. The van der Waals surface area contributed by atoms with Crippen LogP contribution in [0.15, 0.2) is 16.8 Å². The zero-order chi connectivity index (χ0) is 15.6. The van der Waals surface area contributed by atoms with Gasteiger partial charge in [0.1, 0.15) is 0 Å². The minimum atomic E-state index is -0.512. The fraction of sp³-hybridized carbons (Fsp3) is 0.167. The van der Waals surface area contributed by atoms with Crippen molar-refractivity contribution in [2.24, 2.45) is 0 Å². The summed E-state index contributed by atoms with van der Waals surface area (Å²) in [6, 6.07) is 0. The maximum absolute atomic E-state index is 11.8. The van der Waals surface area contributed by atoms with Gasteiger partial charge in [-0.15, -0.1) is 0 Å². The third kappa shape index (κ3) is 2.76. The highest BCUT2D eigenvalue weighted by Crippen LogP contribution is 2.29. The molecule has 0 unspecified atom stereocenters. The number of hydrogen-bond donors (Lipinski definition) is 1. The van der Waals surface area contributed by atoms with Gasteiger partial charge in [-0.2, -0.15) is 5.01 Å². The summed E-state index contributed by atoms with van der Waals surface area (Å²) in [5, 5.41) is 2.45.